The van der Waals surface area contributed by atoms with Crippen LogP contribution in [0.5, 0.6) is 11.5 Å². The van der Waals surface area contributed by atoms with Crippen LogP contribution >= 0.6 is 35.3 Å². The molecule has 4 rings (SSSR count). The Morgan fingerprint density at radius 1 is 0.378 bits per heavy atom. The van der Waals surface area contributed by atoms with Gasteiger partial charge in [-0.05, 0) is 134 Å². The van der Waals surface area contributed by atoms with Crippen molar-refractivity contribution in [2.24, 2.45) is 0 Å². The van der Waals surface area contributed by atoms with E-state index in [1.165, 1.54) is 94.9 Å². The van der Waals surface area contributed by atoms with E-state index in [4.69, 9.17) is 9.47 Å². The van der Waals surface area contributed by atoms with Gasteiger partial charge >= 0.3 is 0 Å². The quantitative estimate of drug-likeness (QED) is 0.0616. The average molecular weight is 659 g/mol. The van der Waals surface area contributed by atoms with Crippen molar-refractivity contribution in [2.45, 2.75) is 74.0 Å². The smallest absolute Gasteiger partial charge is 0.118 e. The van der Waals surface area contributed by atoms with Gasteiger partial charge in [0, 0.05) is 21.3 Å². The molecule has 240 valence electrons. The van der Waals surface area contributed by atoms with Crippen molar-refractivity contribution in [2.75, 3.05) is 37.2 Å². The highest BCUT2D eigenvalue weighted by molar-refractivity contribution is 7.99. The Hall–Kier alpha value is -2.47. The first-order chi connectivity index (χ1) is 22.2. The zero-order chi connectivity index (χ0) is 31.4. The lowest BCUT2D eigenvalue weighted by atomic mass is 10.0. The molecule has 0 bridgehead atoms. The van der Waals surface area contributed by atoms with Gasteiger partial charge in [0.25, 0.3) is 0 Å². The van der Waals surface area contributed by atoms with Crippen molar-refractivity contribution in [3.05, 3.63) is 119 Å². The van der Waals surface area contributed by atoms with Crippen LogP contribution in [0.3, 0.4) is 0 Å². The van der Waals surface area contributed by atoms with E-state index in [0.717, 1.165) is 35.8 Å². The predicted octanol–water partition coefficient (Wildman–Crippen LogP) is 11.2. The van der Waals surface area contributed by atoms with E-state index in [-0.39, 0.29) is 0 Å². The lowest BCUT2D eigenvalue weighted by molar-refractivity contribution is 0.414. The van der Waals surface area contributed by atoms with E-state index in [2.05, 4.69) is 84.6 Å². The van der Waals surface area contributed by atoms with Gasteiger partial charge in [-0.15, -0.1) is 23.5 Å². The molecule has 0 atom stereocenters. The van der Waals surface area contributed by atoms with Gasteiger partial charge in [0.1, 0.15) is 11.5 Å². The number of benzene rings is 4. The Kier molecular flexibility index (Phi) is 16.8. The number of unbranched alkanes of at least 4 members (excludes halogenated alkanes) is 4. The summed E-state index contributed by atoms with van der Waals surface area (Å²) in [4.78, 5) is 2.60. The molecular formula is C40H50O2S3. The van der Waals surface area contributed by atoms with Crippen molar-refractivity contribution in [1.82, 2.24) is 0 Å². The van der Waals surface area contributed by atoms with Crippen LogP contribution in [-0.2, 0) is 25.7 Å². The molecule has 0 amide bonds. The van der Waals surface area contributed by atoms with Crippen LogP contribution in [0, 0.1) is 0 Å². The minimum atomic E-state index is 0.918. The van der Waals surface area contributed by atoms with Gasteiger partial charge in [0.15, 0.2) is 0 Å². The highest BCUT2D eigenvalue weighted by atomic mass is 32.2. The number of methoxy groups -OCH3 is 2. The molecule has 0 unspecified atom stereocenters. The third-order valence-corrected chi connectivity index (χ3v) is 11.2. The Labute approximate surface area is 285 Å². The second-order valence-electron chi connectivity index (χ2n) is 11.4. The van der Waals surface area contributed by atoms with Gasteiger partial charge < -0.3 is 9.47 Å². The van der Waals surface area contributed by atoms with Crippen LogP contribution < -0.4 is 9.47 Å². The van der Waals surface area contributed by atoms with Gasteiger partial charge in [-0.1, -0.05) is 61.4 Å². The third-order valence-electron chi connectivity index (χ3n) is 7.99. The fraction of sp³-hybridized carbons (Fsp3) is 0.400. The Bertz CT molecular complexity index is 1220. The number of aryl methyl sites for hydroxylation is 4. The molecule has 0 fully saturated rings. The highest BCUT2D eigenvalue weighted by Gasteiger charge is 2.01. The summed E-state index contributed by atoms with van der Waals surface area (Å²) < 4.78 is 10.5. The van der Waals surface area contributed by atoms with Gasteiger partial charge in [0.2, 0.25) is 0 Å². The first-order valence-electron chi connectivity index (χ1n) is 16.5. The number of hydrogen-bond donors (Lipinski definition) is 0. The van der Waals surface area contributed by atoms with Crippen LogP contribution in [0.1, 0.15) is 60.8 Å². The Morgan fingerprint density at radius 3 is 1.09 bits per heavy atom. The summed E-state index contributed by atoms with van der Waals surface area (Å²) in [5, 5.41) is 0. The molecule has 0 N–H and O–H groups in total. The van der Waals surface area contributed by atoms with Crippen LogP contribution in [0.25, 0.3) is 0 Å². The fourth-order valence-corrected chi connectivity index (χ4v) is 8.01. The molecule has 4 aromatic rings. The number of hydrogen-bond acceptors (Lipinski definition) is 5. The number of rotatable bonds is 22. The van der Waals surface area contributed by atoms with E-state index in [9.17, 15) is 0 Å². The van der Waals surface area contributed by atoms with Crippen LogP contribution in [0.2, 0.25) is 0 Å². The van der Waals surface area contributed by atoms with Crippen LogP contribution in [0.4, 0.5) is 0 Å². The largest absolute Gasteiger partial charge is 0.497 e. The van der Waals surface area contributed by atoms with Gasteiger partial charge in [-0.25, -0.2) is 0 Å². The monoisotopic (exact) mass is 658 g/mol. The SMILES string of the molecule is COc1ccc(SCCc2ccc(CCCCCSCCCCCc3ccc(CCSc4ccc(OC)cc4)cc3)cc2)cc1. The molecule has 0 aliphatic rings. The molecule has 0 aromatic heterocycles. The molecule has 0 spiro atoms. The fourth-order valence-electron chi connectivity index (χ4n) is 5.18. The summed E-state index contributed by atoms with van der Waals surface area (Å²) in [6.45, 7) is 0. The van der Waals surface area contributed by atoms with Crippen LogP contribution in [0.15, 0.2) is 107 Å². The van der Waals surface area contributed by atoms with Crippen molar-refractivity contribution >= 4 is 35.3 Å². The summed E-state index contributed by atoms with van der Waals surface area (Å²) >= 11 is 5.96. The topological polar surface area (TPSA) is 18.5 Å². The third kappa shape index (κ3) is 14.2. The van der Waals surface area contributed by atoms with Gasteiger partial charge in [-0.3, -0.25) is 0 Å². The summed E-state index contributed by atoms with van der Waals surface area (Å²) in [6, 6.07) is 35.3. The van der Waals surface area contributed by atoms with Crippen molar-refractivity contribution in [1.29, 1.82) is 0 Å². The zero-order valence-corrected chi connectivity index (χ0v) is 29.6. The molecule has 0 aliphatic heterocycles. The molecule has 0 heterocycles. The summed E-state index contributed by atoms with van der Waals surface area (Å²) in [7, 11) is 3.42. The molecule has 0 saturated carbocycles. The molecular weight excluding hydrogens is 609 g/mol. The maximum absolute atomic E-state index is 5.24. The molecule has 45 heavy (non-hydrogen) atoms. The molecule has 4 aromatic carbocycles. The second kappa shape index (κ2) is 21.3. The predicted molar refractivity (Wildman–Crippen MR) is 200 cm³/mol. The van der Waals surface area contributed by atoms with Crippen molar-refractivity contribution in [3.8, 4) is 11.5 Å². The maximum atomic E-state index is 5.24. The summed E-state index contributed by atoms with van der Waals surface area (Å²) in [6.07, 6.45) is 12.6. The summed E-state index contributed by atoms with van der Waals surface area (Å²) in [5.74, 6) is 6.66. The summed E-state index contributed by atoms with van der Waals surface area (Å²) in [5.41, 5.74) is 5.82. The maximum Gasteiger partial charge on any atom is 0.118 e. The highest BCUT2D eigenvalue weighted by Crippen LogP contribution is 2.24. The molecule has 0 aliphatic carbocycles. The molecule has 5 heteroatoms. The van der Waals surface area contributed by atoms with E-state index in [1.54, 1.807) is 14.2 Å². The molecule has 0 saturated heterocycles. The van der Waals surface area contributed by atoms with E-state index < -0.39 is 0 Å². The minimum Gasteiger partial charge on any atom is -0.497 e. The standard InChI is InChI=1S/C40H50O2S3/c1-41-37-19-23-39(24-20-37)44-31-27-35-15-11-33(12-16-35)9-5-3-7-29-43-30-8-4-6-10-34-13-17-36(18-14-34)28-32-45-40-25-21-38(42-2)22-26-40/h11-26H,3-10,27-32H2,1-2H3. The van der Waals surface area contributed by atoms with E-state index >= 15 is 0 Å². The lowest BCUT2D eigenvalue weighted by Gasteiger charge is -2.07. The molecule has 0 radical (unpaired) electrons. The first-order valence-corrected chi connectivity index (χ1v) is 19.6. The first kappa shape index (κ1) is 35.4. The van der Waals surface area contributed by atoms with Crippen molar-refractivity contribution < 1.29 is 9.47 Å². The van der Waals surface area contributed by atoms with E-state index in [1.807, 2.05) is 47.8 Å². The van der Waals surface area contributed by atoms with Gasteiger partial charge in [-0.2, -0.15) is 11.8 Å². The minimum absolute atomic E-state index is 0.918. The van der Waals surface area contributed by atoms with Gasteiger partial charge in [0.05, 0.1) is 14.2 Å². The van der Waals surface area contributed by atoms with Crippen LogP contribution in [-0.4, -0.2) is 37.2 Å². The average Bonchev–Trinajstić information content (AvgIpc) is 3.09. The molecule has 2 nitrogen and oxygen atoms in total. The number of thioether (sulfide) groups is 3. The number of ether oxygens (including phenoxy) is 2. The second-order valence-corrected chi connectivity index (χ2v) is 15.0. The normalized spacial score (nSPS) is 11.1. The lowest BCUT2D eigenvalue weighted by Crippen LogP contribution is -1.92. The zero-order valence-electron chi connectivity index (χ0n) is 27.2. The van der Waals surface area contributed by atoms with E-state index in [0.29, 0.717) is 0 Å². The Balaban J connectivity index is 0.944. The van der Waals surface area contributed by atoms with Crippen molar-refractivity contribution in [3.63, 3.8) is 0 Å². The Morgan fingerprint density at radius 2 is 0.733 bits per heavy atom.